The molecule has 140 valence electrons. The van der Waals surface area contributed by atoms with Gasteiger partial charge in [-0.15, -0.1) is 0 Å². The summed E-state index contributed by atoms with van der Waals surface area (Å²) in [6.45, 7) is 1.82. The molecule has 0 amide bonds. The number of pyridine rings is 1. The maximum atomic E-state index is 11.6. The smallest absolute Gasteiger partial charge is 0.309 e. The van der Waals surface area contributed by atoms with E-state index in [-0.39, 0.29) is 10.6 Å². The van der Waals surface area contributed by atoms with Crippen molar-refractivity contribution in [3.8, 4) is 5.75 Å². The number of benzene rings is 1. The third-order valence-corrected chi connectivity index (χ3v) is 4.34. The van der Waals surface area contributed by atoms with Crippen LogP contribution in [-0.4, -0.2) is 35.0 Å². The van der Waals surface area contributed by atoms with Crippen LogP contribution in [0.15, 0.2) is 60.2 Å². The zero-order valence-electron chi connectivity index (χ0n) is 14.8. The summed E-state index contributed by atoms with van der Waals surface area (Å²) < 4.78 is 5.19. The molecule has 1 aliphatic rings. The Hall–Kier alpha value is -3.06. The number of hydrogen-bond donors (Lipinski definition) is 1. The average molecular weight is 387 g/mol. The minimum Gasteiger partial charge on any atom is -0.497 e. The van der Waals surface area contributed by atoms with Crippen molar-refractivity contribution in [3.05, 3.63) is 86.6 Å². The van der Waals surface area contributed by atoms with Gasteiger partial charge in [-0.2, -0.15) is 0 Å². The summed E-state index contributed by atoms with van der Waals surface area (Å²) in [4.78, 5) is 17.3. The standard InChI is InChI=1S/C19H19ClN4O3/c1-27-16-4-2-3-14(11-16)5-7-17(24(25)26)19-21-9-10-23(19)13-15-6-8-18(20)22-12-15/h2-8,11-12,21H,9-10,13H2,1H3/b7-5+,19-17+. The van der Waals surface area contributed by atoms with Crippen molar-refractivity contribution in [2.45, 2.75) is 6.54 Å². The summed E-state index contributed by atoms with van der Waals surface area (Å²) in [7, 11) is 1.58. The van der Waals surface area contributed by atoms with Gasteiger partial charge in [-0.05, 0) is 35.4 Å². The molecule has 1 saturated heterocycles. The van der Waals surface area contributed by atoms with E-state index < -0.39 is 0 Å². The average Bonchev–Trinajstić information content (AvgIpc) is 3.11. The molecule has 1 fully saturated rings. The first kappa shape index (κ1) is 18.7. The number of nitrogens with one attached hydrogen (secondary N) is 1. The maximum Gasteiger partial charge on any atom is 0.309 e. The molecule has 0 unspecified atom stereocenters. The van der Waals surface area contributed by atoms with Crippen LogP contribution in [0.5, 0.6) is 5.75 Å². The van der Waals surface area contributed by atoms with Crippen molar-refractivity contribution in [1.82, 2.24) is 15.2 Å². The second kappa shape index (κ2) is 8.55. The molecule has 1 N–H and O–H groups in total. The van der Waals surface area contributed by atoms with Crippen LogP contribution in [0.25, 0.3) is 6.08 Å². The zero-order valence-corrected chi connectivity index (χ0v) is 15.5. The SMILES string of the molecule is COc1cccc(/C=C/C(=C2/NCCN2Cc2ccc(Cl)nc2)[N+](=O)[O-])c1. The Morgan fingerprint density at radius 1 is 1.44 bits per heavy atom. The minimum absolute atomic E-state index is 0.0113. The molecule has 0 aliphatic carbocycles. The summed E-state index contributed by atoms with van der Waals surface area (Å²) in [6.07, 6.45) is 4.89. The van der Waals surface area contributed by atoms with Gasteiger partial charge in [0.15, 0.2) is 5.82 Å². The summed E-state index contributed by atoms with van der Waals surface area (Å²) >= 11 is 5.82. The van der Waals surface area contributed by atoms with E-state index in [2.05, 4.69) is 10.3 Å². The van der Waals surface area contributed by atoms with Crippen molar-refractivity contribution >= 4 is 17.7 Å². The predicted octanol–water partition coefficient (Wildman–Crippen LogP) is 3.31. The first-order valence-electron chi connectivity index (χ1n) is 8.37. The van der Waals surface area contributed by atoms with Crippen LogP contribution < -0.4 is 10.1 Å². The molecule has 1 aromatic heterocycles. The molecule has 0 bridgehead atoms. The van der Waals surface area contributed by atoms with Crippen molar-refractivity contribution in [1.29, 1.82) is 0 Å². The molecule has 27 heavy (non-hydrogen) atoms. The lowest BCUT2D eigenvalue weighted by Gasteiger charge is -2.18. The number of allylic oxidation sites excluding steroid dienone is 1. The molecule has 7 nitrogen and oxygen atoms in total. The van der Waals surface area contributed by atoms with Crippen LogP contribution in [-0.2, 0) is 6.54 Å². The summed E-state index contributed by atoms with van der Waals surface area (Å²) in [5.41, 5.74) is 1.76. The first-order chi connectivity index (χ1) is 13.1. The van der Waals surface area contributed by atoms with E-state index >= 15 is 0 Å². The third kappa shape index (κ3) is 4.77. The summed E-state index contributed by atoms with van der Waals surface area (Å²) in [5, 5.41) is 15.2. The van der Waals surface area contributed by atoms with Crippen molar-refractivity contribution in [2.24, 2.45) is 0 Å². The van der Waals surface area contributed by atoms with Gasteiger partial charge in [0, 0.05) is 31.9 Å². The molecule has 8 heteroatoms. The Morgan fingerprint density at radius 3 is 3.00 bits per heavy atom. The number of halogens is 1. The van der Waals surface area contributed by atoms with Crippen molar-refractivity contribution < 1.29 is 9.66 Å². The Kier molecular flexibility index (Phi) is 5.93. The van der Waals surface area contributed by atoms with E-state index in [1.54, 1.807) is 25.4 Å². The molecule has 2 heterocycles. The second-order valence-electron chi connectivity index (χ2n) is 5.94. The van der Waals surface area contributed by atoms with Crippen LogP contribution in [0.4, 0.5) is 0 Å². The fourth-order valence-corrected chi connectivity index (χ4v) is 2.92. The predicted molar refractivity (Wildman–Crippen MR) is 104 cm³/mol. The highest BCUT2D eigenvalue weighted by atomic mass is 35.5. The number of hydrogen-bond acceptors (Lipinski definition) is 6. The lowest BCUT2D eigenvalue weighted by molar-refractivity contribution is -0.421. The topological polar surface area (TPSA) is 80.5 Å². The molecular weight excluding hydrogens is 368 g/mol. The lowest BCUT2D eigenvalue weighted by Crippen LogP contribution is -2.23. The van der Waals surface area contributed by atoms with Gasteiger partial charge in [0.25, 0.3) is 0 Å². The van der Waals surface area contributed by atoms with E-state index in [0.717, 1.165) is 11.1 Å². The van der Waals surface area contributed by atoms with E-state index in [1.807, 2.05) is 35.2 Å². The second-order valence-corrected chi connectivity index (χ2v) is 6.33. The lowest BCUT2D eigenvalue weighted by atomic mass is 10.2. The van der Waals surface area contributed by atoms with Crippen LogP contribution in [0.3, 0.4) is 0 Å². The monoisotopic (exact) mass is 386 g/mol. The molecule has 0 radical (unpaired) electrons. The van der Waals surface area contributed by atoms with E-state index in [0.29, 0.717) is 36.4 Å². The number of methoxy groups -OCH3 is 1. The van der Waals surface area contributed by atoms with Gasteiger partial charge < -0.3 is 15.0 Å². The number of nitro groups is 1. The molecule has 1 aliphatic heterocycles. The Labute approximate surface area is 162 Å². The first-order valence-corrected chi connectivity index (χ1v) is 8.74. The van der Waals surface area contributed by atoms with E-state index in [4.69, 9.17) is 16.3 Å². The van der Waals surface area contributed by atoms with Gasteiger partial charge in [0.05, 0.1) is 12.0 Å². The highest BCUT2D eigenvalue weighted by Gasteiger charge is 2.26. The molecule has 1 aromatic carbocycles. The molecule has 0 saturated carbocycles. The summed E-state index contributed by atoms with van der Waals surface area (Å²) in [6, 6.07) is 10.9. The quantitative estimate of drug-likeness (QED) is 0.466. The highest BCUT2D eigenvalue weighted by molar-refractivity contribution is 6.29. The van der Waals surface area contributed by atoms with Crippen LogP contribution in [0, 0.1) is 10.1 Å². The van der Waals surface area contributed by atoms with E-state index in [9.17, 15) is 10.1 Å². The zero-order chi connectivity index (χ0) is 19.2. The van der Waals surface area contributed by atoms with Crippen LogP contribution in [0.2, 0.25) is 5.15 Å². The van der Waals surface area contributed by atoms with Crippen molar-refractivity contribution in [2.75, 3.05) is 20.2 Å². The maximum absolute atomic E-state index is 11.6. The molecule has 3 rings (SSSR count). The van der Waals surface area contributed by atoms with Gasteiger partial charge in [0.2, 0.25) is 0 Å². The Morgan fingerprint density at radius 2 is 2.30 bits per heavy atom. The highest BCUT2D eigenvalue weighted by Crippen LogP contribution is 2.20. The van der Waals surface area contributed by atoms with Gasteiger partial charge in [-0.25, -0.2) is 4.98 Å². The third-order valence-electron chi connectivity index (χ3n) is 4.12. The fourth-order valence-electron chi connectivity index (χ4n) is 2.81. The van der Waals surface area contributed by atoms with Crippen molar-refractivity contribution in [3.63, 3.8) is 0 Å². The minimum atomic E-state index is -0.378. The number of ether oxygens (including phenoxy) is 1. The van der Waals surface area contributed by atoms with Gasteiger partial charge in [-0.3, -0.25) is 10.1 Å². The molecule has 0 atom stereocenters. The van der Waals surface area contributed by atoms with Gasteiger partial charge in [-0.1, -0.05) is 29.8 Å². The number of aromatic nitrogens is 1. The summed E-state index contributed by atoms with van der Waals surface area (Å²) in [5.74, 6) is 1.19. The van der Waals surface area contributed by atoms with Crippen LogP contribution in [0.1, 0.15) is 11.1 Å². The van der Waals surface area contributed by atoms with E-state index in [1.165, 1.54) is 6.08 Å². The number of rotatable bonds is 6. The molecular formula is C19H19ClN4O3. The fraction of sp³-hybridized carbons (Fsp3) is 0.211. The van der Waals surface area contributed by atoms with Gasteiger partial charge in [0.1, 0.15) is 10.9 Å². The normalized spacial score (nSPS) is 15.7. The Bertz CT molecular complexity index is 881. The van der Waals surface area contributed by atoms with Crippen LogP contribution >= 0.6 is 11.6 Å². The Balaban J connectivity index is 1.86. The molecule has 0 spiro atoms. The number of nitrogens with zero attached hydrogens (tertiary/aromatic N) is 3. The molecule has 2 aromatic rings. The van der Waals surface area contributed by atoms with Gasteiger partial charge >= 0.3 is 5.70 Å². The largest absolute Gasteiger partial charge is 0.497 e.